The minimum absolute atomic E-state index is 0.173. The Kier molecular flexibility index (Phi) is 3.05. The molecule has 5 aliphatic rings. The van der Waals surface area contributed by atoms with Crippen LogP contribution in [0.15, 0.2) is 0 Å². The first-order valence-corrected chi connectivity index (χ1v) is 9.05. The number of hydrogen-bond acceptors (Lipinski definition) is 6. The van der Waals surface area contributed by atoms with Crippen LogP contribution in [0.1, 0.15) is 44.3 Å². The van der Waals surface area contributed by atoms with Crippen LogP contribution in [-0.4, -0.2) is 41.3 Å². The van der Waals surface area contributed by atoms with Gasteiger partial charge in [0.25, 0.3) is 0 Å². The second-order valence-electron chi connectivity index (χ2n) is 8.11. The summed E-state index contributed by atoms with van der Waals surface area (Å²) in [6, 6.07) is 0. The van der Waals surface area contributed by atoms with Gasteiger partial charge in [0.05, 0.1) is 13.2 Å². The molecule has 4 aliphatic carbocycles. The van der Waals surface area contributed by atoms with E-state index in [1.165, 1.54) is 38.5 Å². The van der Waals surface area contributed by atoms with Gasteiger partial charge in [-0.1, -0.05) is 0 Å². The van der Waals surface area contributed by atoms with Crippen molar-refractivity contribution >= 4 is 11.9 Å². The lowest BCUT2D eigenvalue weighted by molar-refractivity contribution is -0.00939. The molecule has 6 heteroatoms. The summed E-state index contributed by atoms with van der Waals surface area (Å²) in [7, 11) is 0. The van der Waals surface area contributed by atoms with Crippen molar-refractivity contribution in [2.24, 2.45) is 17.8 Å². The van der Waals surface area contributed by atoms with E-state index in [4.69, 9.17) is 15.5 Å². The molecule has 6 nitrogen and oxygen atoms in total. The molecule has 23 heavy (non-hydrogen) atoms. The van der Waals surface area contributed by atoms with Crippen molar-refractivity contribution < 1.29 is 4.74 Å². The number of aromatic nitrogens is 3. The molecule has 2 N–H and O–H groups in total. The van der Waals surface area contributed by atoms with E-state index in [1.807, 2.05) is 0 Å². The fraction of sp³-hybridized carbons (Fsp3) is 0.824. The van der Waals surface area contributed by atoms with Crippen LogP contribution in [0.4, 0.5) is 11.9 Å². The van der Waals surface area contributed by atoms with Gasteiger partial charge in [-0.15, -0.1) is 0 Å². The standard InChI is InChI=1S/C17H25N5O/c18-15-19-14(20-16(21-15)22-1-3-23-4-2-22)17-8-11-5-12(9-17)7-13(6-11)10-17/h11-13H,1-10H2,(H2,18,19,20,21). The Morgan fingerprint density at radius 2 is 1.52 bits per heavy atom. The maximum atomic E-state index is 6.06. The van der Waals surface area contributed by atoms with Crippen LogP contribution in [-0.2, 0) is 10.2 Å². The fourth-order valence-corrected chi connectivity index (χ4v) is 5.91. The van der Waals surface area contributed by atoms with Crippen molar-refractivity contribution in [3.05, 3.63) is 5.82 Å². The summed E-state index contributed by atoms with van der Waals surface area (Å²) in [5.74, 6) is 4.76. The van der Waals surface area contributed by atoms with Gasteiger partial charge in [0.15, 0.2) is 0 Å². The number of hydrogen-bond donors (Lipinski definition) is 1. The molecule has 1 aromatic heterocycles. The molecular weight excluding hydrogens is 290 g/mol. The van der Waals surface area contributed by atoms with Gasteiger partial charge in [0.2, 0.25) is 11.9 Å². The van der Waals surface area contributed by atoms with Crippen molar-refractivity contribution in [3.63, 3.8) is 0 Å². The molecule has 1 saturated heterocycles. The van der Waals surface area contributed by atoms with Crippen molar-refractivity contribution in [1.29, 1.82) is 0 Å². The highest BCUT2D eigenvalue weighted by Gasteiger charge is 2.53. The van der Waals surface area contributed by atoms with E-state index in [2.05, 4.69) is 14.9 Å². The van der Waals surface area contributed by atoms with Gasteiger partial charge in [-0.3, -0.25) is 0 Å². The molecular formula is C17H25N5O. The maximum Gasteiger partial charge on any atom is 0.230 e. The zero-order chi connectivity index (χ0) is 15.4. The Labute approximate surface area is 136 Å². The molecule has 4 saturated carbocycles. The SMILES string of the molecule is Nc1nc(N2CCOCC2)nc(C23CC4CC(CC(C4)C2)C3)n1. The van der Waals surface area contributed by atoms with Crippen LogP contribution in [0.2, 0.25) is 0 Å². The topological polar surface area (TPSA) is 77.2 Å². The monoisotopic (exact) mass is 315 g/mol. The zero-order valence-electron chi connectivity index (χ0n) is 13.6. The van der Waals surface area contributed by atoms with Crippen molar-refractivity contribution in [2.75, 3.05) is 36.9 Å². The van der Waals surface area contributed by atoms with Gasteiger partial charge in [-0.05, 0) is 56.3 Å². The first kappa shape index (κ1) is 14.0. The molecule has 1 aliphatic heterocycles. The van der Waals surface area contributed by atoms with Gasteiger partial charge in [-0.25, -0.2) is 0 Å². The number of morpholine rings is 1. The summed E-state index contributed by atoms with van der Waals surface area (Å²) >= 11 is 0. The molecule has 2 heterocycles. The van der Waals surface area contributed by atoms with Gasteiger partial charge in [0, 0.05) is 18.5 Å². The normalized spacial score (nSPS) is 39.0. The maximum absolute atomic E-state index is 6.06. The highest BCUT2D eigenvalue weighted by Crippen LogP contribution is 2.60. The fourth-order valence-electron chi connectivity index (χ4n) is 5.91. The average molecular weight is 315 g/mol. The lowest BCUT2D eigenvalue weighted by Gasteiger charge is -2.55. The van der Waals surface area contributed by atoms with E-state index >= 15 is 0 Å². The lowest BCUT2D eigenvalue weighted by Crippen LogP contribution is -2.49. The molecule has 4 bridgehead atoms. The smallest absolute Gasteiger partial charge is 0.230 e. The molecule has 0 amide bonds. The minimum atomic E-state index is 0.173. The average Bonchev–Trinajstić information content (AvgIpc) is 2.54. The largest absolute Gasteiger partial charge is 0.378 e. The van der Waals surface area contributed by atoms with Gasteiger partial charge in [-0.2, -0.15) is 15.0 Å². The Hall–Kier alpha value is -1.43. The van der Waals surface area contributed by atoms with Crippen molar-refractivity contribution in [1.82, 2.24) is 15.0 Å². The Balaban J connectivity index is 1.51. The van der Waals surface area contributed by atoms with E-state index in [0.717, 1.165) is 55.8 Å². The Morgan fingerprint density at radius 1 is 0.913 bits per heavy atom. The van der Waals surface area contributed by atoms with E-state index in [0.29, 0.717) is 5.95 Å². The second-order valence-corrected chi connectivity index (χ2v) is 8.11. The third-order valence-electron chi connectivity index (χ3n) is 6.45. The molecule has 5 fully saturated rings. The second kappa shape index (κ2) is 5.03. The van der Waals surface area contributed by atoms with Crippen LogP contribution in [0.25, 0.3) is 0 Å². The number of ether oxygens (including phenoxy) is 1. The summed E-state index contributed by atoms with van der Waals surface area (Å²) in [5, 5.41) is 0. The van der Waals surface area contributed by atoms with Crippen LogP contribution in [0.3, 0.4) is 0 Å². The summed E-state index contributed by atoms with van der Waals surface area (Å²) in [4.78, 5) is 16.1. The van der Waals surface area contributed by atoms with Crippen LogP contribution in [0, 0.1) is 17.8 Å². The summed E-state index contributed by atoms with van der Waals surface area (Å²) in [6.45, 7) is 3.14. The summed E-state index contributed by atoms with van der Waals surface area (Å²) < 4.78 is 5.44. The Morgan fingerprint density at radius 3 is 2.13 bits per heavy atom. The third kappa shape index (κ3) is 2.30. The highest BCUT2D eigenvalue weighted by molar-refractivity contribution is 5.37. The van der Waals surface area contributed by atoms with Gasteiger partial charge >= 0.3 is 0 Å². The van der Waals surface area contributed by atoms with Crippen LogP contribution in [0.5, 0.6) is 0 Å². The zero-order valence-corrected chi connectivity index (χ0v) is 13.6. The molecule has 0 atom stereocenters. The molecule has 0 aromatic carbocycles. The molecule has 124 valence electrons. The van der Waals surface area contributed by atoms with E-state index < -0.39 is 0 Å². The third-order valence-corrected chi connectivity index (χ3v) is 6.45. The minimum Gasteiger partial charge on any atom is -0.378 e. The van der Waals surface area contributed by atoms with E-state index in [-0.39, 0.29) is 5.41 Å². The van der Waals surface area contributed by atoms with Crippen molar-refractivity contribution in [2.45, 2.75) is 43.9 Å². The number of rotatable bonds is 2. The van der Waals surface area contributed by atoms with Crippen LogP contribution < -0.4 is 10.6 Å². The van der Waals surface area contributed by atoms with Gasteiger partial charge in [0.1, 0.15) is 5.82 Å². The predicted octanol–water partition coefficient (Wildman–Crippen LogP) is 1.76. The first-order valence-electron chi connectivity index (χ1n) is 9.05. The Bertz CT molecular complexity index is 578. The summed E-state index contributed by atoms with van der Waals surface area (Å²) in [6.07, 6.45) is 8.05. The quantitative estimate of drug-likeness (QED) is 0.896. The number of nitrogens with two attached hydrogens (primary N) is 1. The van der Waals surface area contributed by atoms with E-state index in [1.54, 1.807) is 0 Å². The number of nitrogens with zero attached hydrogens (tertiary/aromatic N) is 4. The predicted molar refractivity (Wildman–Crippen MR) is 87.1 cm³/mol. The van der Waals surface area contributed by atoms with Crippen LogP contribution >= 0.6 is 0 Å². The molecule has 1 aromatic rings. The number of anilines is 2. The highest BCUT2D eigenvalue weighted by atomic mass is 16.5. The lowest BCUT2D eigenvalue weighted by atomic mass is 9.49. The number of nitrogen functional groups attached to an aromatic ring is 1. The first-order chi connectivity index (χ1) is 11.2. The molecule has 0 radical (unpaired) electrons. The molecule has 0 unspecified atom stereocenters. The van der Waals surface area contributed by atoms with Gasteiger partial charge < -0.3 is 15.4 Å². The van der Waals surface area contributed by atoms with E-state index in [9.17, 15) is 0 Å². The summed E-state index contributed by atoms with van der Waals surface area (Å²) in [5.41, 5.74) is 6.24. The molecule has 6 rings (SSSR count). The molecule has 0 spiro atoms. The van der Waals surface area contributed by atoms with Crippen molar-refractivity contribution in [3.8, 4) is 0 Å².